The normalized spacial score (nSPS) is 14.0. The predicted molar refractivity (Wildman–Crippen MR) is 112 cm³/mol. The van der Waals surface area contributed by atoms with Crippen molar-refractivity contribution in [3.8, 4) is 17.0 Å². The minimum Gasteiger partial charge on any atom is -0.497 e. The Labute approximate surface area is 176 Å². The highest BCUT2D eigenvalue weighted by atomic mass is 32.2. The molecule has 2 heterocycles. The lowest BCUT2D eigenvalue weighted by atomic mass is 10.1. The molecular weight excluding hydrogens is 405 g/mol. The lowest BCUT2D eigenvalue weighted by Gasteiger charge is -2.18. The molecule has 0 atom stereocenters. The summed E-state index contributed by atoms with van der Waals surface area (Å²) >= 11 is 0. The van der Waals surface area contributed by atoms with Gasteiger partial charge >= 0.3 is 0 Å². The molecule has 0 spiro atoms. The van der Waals surface area contributed by atoms with Gasteiger partial charge in [-0.3, -0.25) is 0 Å². The van der Waals surface area contributed by atoms with Crippen LogP contribution in [0.5, 0.6) is 5.75 Å². The van der Waals surface area contributed by atoms with Crippen LogP contribution in [0.15, 0.2) is 53.6 Å². The van der Waals surface area contributed by atoms with Crippen LogP contribution in [0, 0.1) is 5.82 Å². The van der Waals surface area contributed by atoms with E-state index < -0.39 is 15.8 Å². The van der Waals surface area contributed by atoms with Crippen LogP contribution in [0.4, 0.5) is 4.39 Å². The van der Waals surface area contributed by atoms with Crippen molar-refractivity contribution in [1.29, 1.82) is 0 Å². The van der Waals surface area contributed by atoms with E-state index in [0.717, 1.165) is 37.2 Å². The molecule has 4 rings (SSSR count). The van der Waals surface area contributed by atoms with Crippen molar-refractivity contribution >= 4 is 10.0 Å². The van der Waals surface area contributed by atoms with Crippen molar-refractivity contribution < 1.29 is 17.5 Å². The number of halogens is 1. The number of imidazole rings is 1. The van der Waals surface area contributed by atoms with Crippen molar-refractivity contribution in [2.45, 2.75) is 37.2 Å². The van der Waals surface area contributed by atoms with E-state index in [4.69, 9.17) is 4.74 Å². The number of aryl methyl sites for hydroxylation is 2. The van der Waals surface area contributed by atoms with Gasteiger partial charge in [0.15, 0.2) is 0 Å². The number of hydrogen-bond acceptors (Lipinski definition) is 4. The minimum atomic E-state index is -3.80. The van der Waals surface area contributed by atoms with E-state index >= 15 is 0 Å². The number of hydrogen-bond donors (Lipinski definition) is 0. The fourth-order valence-corrected chi connectivity index (χ4v) is 4.84. The Morgan fingerprint density at radius 1 is 1.17 bits per heavy atom. The van der Waals surface area contributed by atoms with Gasteiger partial charge in [-0.25, -0.2) is 17.8 Å². The molecule has 0 amide bonds. The van der Waals surface area contributed by atoms with Crippen LogP contribution >= 0.6 is 0 Å². The smallest absolute Gasteiger partial charge is 0.243 e. The van der Waals surface area contributed by atoms with Crippen LogP contribution in [0.1, 0.15) is 24.2 Å². The molecule has 0 unspecified atom stereocenters. The predicted octanol–water partition coefficient (Wildman–Crippen LogP) is 3.85. The van der Waals surface area contributed by atoms with Crippen molar-refractivity contribution in [3.05, 3.63) is 65.9 Å². The number of fused-ring (bicyclic) bond motifs is 1. The van der Waals surface area contributed by atoms with E-state index in [-0.39, 0.29) is 17.0 Å². The van der Waals surface area contributed by atoms with Crippen molar-refractivity contribution in [2.24, 2.45) is 0 Å². The highest BCUT2D eigenvalue weighted by Gasteiger charge is 2.24. The molecule has 0 saturated carbocycles. The first kappa shape index (κ1) is 20.6. The Morgan fingerprint density at radius 2 is 1.93 bits per heavy atom. The molecule has 0 radical (unpaired) electrons. The van der Waals surface area contributed by atoms with Crippen LogP contribution in [-0.2, 0) is 29.5 Å². The van der Waals surface area contributed by atoms with Crippen molar-refractivity contribution in [1.82, 2.24) is 13.9 Å². The number of sulfonamides is 1. The highest BCUT2D eigenvalue weighted by Crippen LogP contribution is 2.28. The van der Waals surface area contributed by atoms with Crippen molar-refractivity contribution in [2.75, 3.05) is 14.2 Å². The molecule has 0 bridgehead atoms. The summed E-state index contributed by atoms with van der Waals surface area (Å²) in [6, 6.07) is 11.1. The maximum atomic E-state index is 14.6. The molecule has 8 heteroatoms. The van der Waals surface area contributed by atoms with Gasteiger partial charge in [0, 0.05) is 38.3 Å². The first-order valence-corrected chi connectivity index (χ1v) is 11.3. The van der Waals surface area contributed by atoms with Gasteiger partial charge in [0.25, 0.3) is 0 Å². The Hall–Kier alpha value is -2.71. The van der Waals surface area contributed by atoms with Gasteiger partial charge in [-0.15, -0.1) is 0 Å². The third kappa shape index (κ3) is 3.97. The number of benzene rings is 2. The zero-order valence-electron chi connectivity index (χ0n) is 17.0. The standard InChI is InChI=1S/C22H24FN3O3S/c1-25(14-16-6-8-17(29-2)9-7-16)30(27,28)18-10-11-20(23)19(13-18)21-15-26-12-4-3-5-22(26)24-21/h6-11,13,15H,3-5,12,14H2,1-2H3. The molecule has 0 N–H and O–H groups in total. The quantitative estimate of drug-likeness (QED) is 0.597. The molecule has 2 aromatic carbocycles. The van der Waals surface area contributed by atoms with E-state index in [1.807, 2.05) is 22.9 Å². The average molecular weight is 430 g/mol. The number of methoxy groups -OCH3 is 1. The Balaban J connectivity index is 1.62. The van der Waals surface area contributed by atoms with E-state index in [1.54, 1.807) is 19.2 Å². The van der Waals surface area contributed by atoms with Gasteiger partial charge in [0.2, 0.25) is 10.0 Å². The summed E-state index contributed by atoms with van der Waals surface area (Å²) in [7, 11) is -0.712. The molecule has 6 nitrogen and oxygen atoms in total. The van der Waals surface area contributed by atoms with Gasteiger partial charge in [-0.1, -0.05) is 12.1 Å². The summed E-state index contributed by atoms with van der Waals surface area (Å²) in [6.45, 7) is 1.05. The second-order valence-electron chi connectivity index (χ2n) is 7.44. The maximum absolute atomic E-state index is 14.6. The highest BCUT2D eigenvalue weighted by molar-refractivity contribution is 7.89. The second kappa shape index (κ2) is 8.20. The first-order chi connectivity index (χ1) is 14.4. The monoisotopic (exact) mass is 429 g/mol. The lowest BCUT2D eigenvalue weighted by Crippen LogP contribution is -2.26. The zero-order valence-corrected chi connectivity index (χ0v) is 17.8. The summed E-state index contributed by atoms with van der Waals surface area (Å²) in [5, 5.41) is 0. The van der Waals surface area contributed by atoms with Gasteiger partial charge in [0.1, 0.15) is 17.4 Å². The maximum Gasteiger partial charge on any atom is 0.243 e. The number of nitrogens with zero attached hydrogens (tertiary/aromatic N) is 3. The summed E-state index contributed by atoms with van der Waals surface area (Å²) in [4.78, 5) is 4.58. The summed E-state index contributed by atoms with van der Waals surface area (Å²) in [5.41, 5.74) is 1.50. The fraction of sp³-hybridized carbons (Fsp3) is 0.318. The van der Waals surface area contributed by atoms with E-state index in [1.165, 1.54) is 29.6 Å². The summed E-state index contributed by atoms with van der Waals surface area (Å²) < 4.78 is 49.2. The number of ether oxygens (including phenoxy) is 1. The molecule has 1 aliphatic heterocycles. The Kier molecular flexibility index (Phi) is 5.62. The topological polar surface area (TPSA) is 64.4 Å². The minimum absolute atomic E-state index is 0.0425. The molecule has 0 saturated heterocycles. The average Bonchev–Trinajstić information content (AvgIpc) is 3.18. The summed E-state index contributed by atoms with van der Waals surface area (Å²) in [5.74, 6) is 1.14. The van der Waals surface area contributed by atoms with E-state index in [0.29, 0.717) is 11.4 Å². The number of rotatable bonds is 6. The lowest BCUT2D eigenvalue weighted by molar-refractivity contribution is 0.414. The molecule has 0 aliphatic carbocycles. The SMILES string of the molecule is COc1ccc(CN(C)S(=O)(=O)c2ccc(F)c(-c3cn4c(n3)CCCC4)c2)cc1. The van der Waals surface area contributed by atoms with Crippen molar-refractivity contribution in [3.63, 3.8) is 0 Å². The van der Waals surface area contributed by atoms with Gasteiger partial charge in [-0.05, 0) is 48.7 Å². The van der Waals surface area contributed by atoms with Crippen LogP contribution in [0.3, 0.4) is 0 Å². The Bertz CT molecular complexity index is 1130. The van der Waals surface area contributed by atoms with E-state index in [2.05, 4.69) is 4.98 Å². The molecule has 0 fully saturated rings. The van der Waals surface area contributed by atoms with E-state index in [9.17, 15) is 12.8 Å². The Morgan fingerprint density at radius 3 is 2.63 bits per heavy atom. The van der Waals surface area contributed by atoms with Crippen LogP contribution < -0.4 is 4.74 Å². The zero-order chi connectivity index (χ0) is 21.3. The summed E-state index contributed by atoms with van der Waals surface area (Å²) in [6.07, 6.45) is 4.79. The van der Waals surface area contributed by atoms with Crippen LogP contribution in [-0.4, -0.2) is 36.4 Å². The molecule has 1 aromatic heterocycles. The molecular formula is C22H24FN3O3S. The van der Waals surface area contributed by atoms with Crippen LogP contribution in [0.2, 0.25) is 0 Å². The molecule has 1 aliphatic rings. The van der Waals surface area contributed by atoms with Gasteiger partial charge < -0.3 is 9.30 Å². The third-order valence-electron chi connectivity index (χ3n) is 5.39. The molecule has 30 heavy (non-hydrogen) atoms. The molecule has 3 aromatic rings. The van der Waals surface area contributed by atoms with Crippen LogP contribution in [0.25, 0.3) is 11.3 Å². The largest absolute Gasteiger partial charge is 0.497 e. The van der Waals surface area contributed by atoms with Gasteiger partial charge in [0.05, 0.1) is 17.7 Å². The molecule has 158 valence electrons. The fourth-order valence-electron chi connectivity index (χ4n) is 3.66. The first-order valence-electron chi connectivity index (χ1n) is 9.84. The second-order valence-corrected chi connectivity index (χ2v) is 9.49. The third-order valence-corrected chi connectivity index (χ3v) is 7.19. The number of aromatic nitrogens is 2. The van der Waals surface area contributed by atoms with Gasteiger partial charge in [-0.2, -0.15) is 4.31 Å².